The lowest BCUT2D eigenvalue weighted by Gasteiger charge is -2.64. The zero-order valence-corrected chi connectivity index (χ0v) is 31.2. The van der Waals surface area contributed by atoms with Crippen LogP contribution in [-0.4, -0.2) is 131 Å². The normalized spacial score (nSPS) is 30.4. The highest BCUT2D eigenvalue weighted by atomic mass is 17.1. The first-order valence-corrected chi connectivity index (χ1v) is 18.0. The lowest BCUT2D eigenvalue weighted by molar-refractivity contribution is -0.388. The molecule has 7 heterocycles. The Bertz CT molecular complexity index is 1510. The number of hydrogen-bond donors (Lipinski definition) is 10. The number of hydrogen-bond acceptors (Lipinski definition) is 26. The van der Waals surface area contributed by atoms with Crippen LogP contribution in [0, 0.1) is 0 Å². The molecule has 2 aromatic carbocycles. The van der Waals surface area contributed by atoms with Gasteiger partial charge in [0, 0.05) is 22.3 Å². The Morgan fingerprint density at radius 2 is 0.583 bits per heavy atom. The summed E-state index contributed by atoms with van der Waals surface area (Å²) in [5.41, 5.74) is 20.4. The highest BCUT2D eigenvalue weighted by molar-refractivity contribution is 6.91. The standard InChI is InChI=1S/2C8H12N2.B14H6O26/c2*9-5-7-2-1-3-8(4-7)6-10;15-1-21-7-25-8-22-2(16)29-13(36-8)33-6(20)34-14(40-13)30-4(18)24-10(38-14)26-9-23-3(17)28-12(37-9)32-5(19)31-11(27-1,35-7)39-12/h2*1-4H,5-6,9-10H2;15-20H/q;;-4/p+4/t;;11-,12+,13-,14+. The zero-order chi connectivity index (χ0) is 42.7. The van der Waals surface area contributed by atoms with E-state index in [0.717, 1.165) is 26.2 Å². The number of benzene rings is 2. The summed E-state index contributed by atoms with van der Waals surface area (Å²) in [5, 5.41) is 60.7. The summed E-state index contributed by atoms with van der Waals surface area (Å²) in [6.07, 6.45) is 0. The molecule has 0 radical (unpaired) electrons. The number of rotatable bonds is 4. The smallest absolute Gasteiger partial charge is 0.582 e. The fraction of sp³-hybridized carbons (Fsp3) is 0.250. The number of quaternary nitrogens is 4. The fourth-order valence-electron chi connectivity index (χ4n) is 5.88. The summed E-state index contributed by atoms with van der Waals surface area (Å²) in [6, 6.07) is 16.8. The van der Waals surface area contributed by atoms with Gasteiger partial charge in [0.25, 0.3) is 0 Å². The third-order valence-electron chi connectivity index (χ3n) is 8.53. The average molecular weight is 850 g/mol. The zero-order valence-electron chi connectivity index (χ0n) is 31.2. The van der Waals surface area contributed by atoms with E-state index in [1.165, 1.54) is 22.3 Å². The van der Waals surface area contributed by atoms with E-state index < -0.39 is 101 Å². The van der Waals surface area contributed by atoms with Crippen LogP contribution in [-0.2, 0) is 118 Å². The van der Waals surface area contributed by atoms with Crippen LogP contribution in [0.25, 0.3) is 0 Å². The van der Waals surface area contributed by atoms with Gasteiger partial charge in [-0.05, 0) is 12.1 Å². The molecule has 0 amide bonds. The van der Waals surface area contributed by atoms with Gasteiger partial charge < -0.3 is 145 Å². The van der Waals surface area contributed by atoms with Gasteiger partial charge in [-0.3, -0.25) is 0 Å². The summed E-state index contributed by atoms with van der Waals surface area (Å²) < 4.78 is 101. The third-order valence-corrected chi connectivity index (χ3v) is 8.53. The van der Waals surface area contributed by atoms with Gasteiger partial charge in [-0.15, -0.1) is 0 Å². The van der Waals surface area contributed by atoms with E-state index in [0.29, 0.717) is 0 Å². The van der Waals surface area contributed by atoms with Gasteiger partial charge >= 0.3 is 101 Å². The SMILES string of the molecule is OB1OB2OB3OB(O)O[B@-]4(OB(O)O[B@@-]5(OB(O)OB(OB6OB(O)O[B@@-]7(OB(O)O[B@@-](O1)(O2)O7)O6)O5)O4)O3.[NH3+]Cc1cccc(C[NH3+])c1.[NH3+]Cc1cccc(C[NH3+])c1. The largest absolute Gasteiger partial charge is 0.680 e. The van der Waals surface area contributed by atoms with Crippen molar-refractivity contribution < 1.29 is 145 Å². The highest BCUT2D eigenvalue weighted by Crippen LogP contribution is 2.37. The second kappa shape index (κ2) is 19.5. The second-order valence-electron chi connectivity index (χ2n) is 12.7. The van der Waals surface area contributed by atoms with Gasteiger partial charge in [-0.2, -0.15) is 0 Å². The number of fused-ring (bicyclic) bond motifs is 4. The van der Waals surface area contributed by atoms with Crippen molar-refractivity contribution in [3.05, 3.63) is 70.8 Å². The Labute approximate surface area is 342 Å². The molecule has 2 aromatic rings. The fourth-order valence-corrected chi connectivity index (χ4v) is 5.88. The molecule has 4 spiro atoms. The van der Waals surface area contributed by atoms with E-state index in [9.17, 15) is 30.1 Å². The van der Waals surface area contributed by atoms with E-state index in [-0.39, 0.29) is 0 Å². The van der Waals surface area contributed by atoms with Crippen molar-refractivity contribution in [1.29, 1.82) is 0 Å². The summed E-state index contributed by atoms with van der Waals surface area (Å²) in [5.74, 6) is 0. The van der Waals surface area contributed by atoms with Gasteiger partial charge in [0.15, 0.2) is 0 Å². The molecular formula is C16H34B14N4O26. The molecule has 30 nitrogen and oxygen atoms in total. The lowest BCUT2D eigenvalue weighted by Crippen LogP contribution is -2.79. The topological polar surface area (TPSA) is 417 Å². The first-order valence-electron chi connectivity index (χ1n) is 18.0. The molecule has 316 valence electrons. The van der Waals surface area contributed by atoms with Crippen LogP contribution in [0.3, 0.4) is 0 Å². The minimum atomic E-state index is -3.92. The summed E-state index contributed by atoms with van der Waals surface area (Å²) in [6.45, 7) is -12.2. The molecule has 0 saturated carbocycles. The Kier molecular flexibility index (Phi) is 15.0. The molecule has 9 rings (SSSR count). The quantitative estimate of drug-likeness (QED) is 0.128. The van der Waals surface area contributed by atoms with E-state index >= 15 is 0 Å². The lowest BCUT2D eigenvalue weighted by atomic mass is 9.76. The van der Waals surface area contributed by atoms with Crippen LogP contribution < -0.4 is 22.9 Å². The Balaban J connectivity index is 0.000000223. The summed E-state index contributed by atoms with van der Waals surface area (Å²) >= 11 is 0. The summed E-state index contributed by atoms with van der Waals surface area (Å²) in [4.78, 5) is 0. The van der Waals surface area contributed by atoms with Crippen molar-refractivity contribution in [2.24, 2.45) is 0 Å². The third kappa shape index (κ3) is 11.4. The predicted octanol–water partition coefficient (Wildman–Crippen LogP) is -11.7. The van der Waals surface area contributed by atoms with Gasteiger partial charge in [-0.25, -0.2) is 0 Å². The average Bonchev–Trinajstić information content (AvgIpc) is 3.15. The van der Waals surface area contributed by atoms with Gasteiger partial charge in [-0.1, -0.05) is 36.4 Å². The Hall–Kier alpha value is -1.85. The molecule has 8 bridgehead atoms. The first-order chi connectivity index (χ1) is 28.6. The minimum Gasteiger partial charge on any atom is -0.680 e. The molecule has 7 aliphatic rings. The van der Waals surface area contributed by atoms with Crippen molar-refractivity contribution in [3.63, 3.8) is 0 Å². The molecule has 7 saturated heterocycles. The van der Waals surface area contributed by atoms with Crippen LogP contribution in [0.1, 0.15) is 22.3 Å². The van der Waals surface area contributed by atoms with E-state index in [4.69, 9.17) is 91.4 Å². The van der Waals surface area contributed by atoms with E-state index in [2.05, 4.69) is 71.5 Å². The molecule has 44 heteroatoms. The second-order valence-corrected chi connectivity index (χ2v) is 12.7. The minimum absolute atomic E-state index is 0.869. The summed E-state index contributed by atoms with van der Waals surface area (Å²) in [7, 11) is -22.8. The molecule has 7 aliphatic heterocycles. The van der Waals surface area contributed by atoms with Crippen LogP contribution in [0.5, 0.6) is 0 Å². The van der Waals surface area contributed by atoms with E-state index in [1.807, 2.05) is 0 Å². The molecule has 0 unspecified atom stereocenters. The van der Waals surface area contributed by atoms with Crippen molar-refractivity contribution >= 4 is 101 Å². The first kappa shape index (κ1) is 46.2. The Morgan fingerprint density at radius 1 is 0.350 bits per heavy atom. The van der Waals surface area contributed by atoms with Crippen LogP contribution in [0.15, 0.2) is 48.5 Å². The molecular weight excluding hydrogens is 816 g/mol. The van der Waals surface area contributed by atoms with Crippen molar-refractivity contribution in [2.75, 3.05) is 0 Å². The van der Waals surface area contributed by atoms with Crippen molar-refractivity contribution in [1.82, 2.24) is 0 Å². The molecule has 60 heavy (non-hydrogen) atoms. The van der Waals surface area contributed by atoms with Gasteiger partial charge in [0.05, 0.1) is 26.2 Å². The van der Waals surface area contributed by atoms with Crippen molar-refractivity contribution in [2.45, 2.75) is 26.2 Å². The van der Waals surface area contributed by atoms with Crippen LogP contribution >= 0.6 is 0 Å². The van der Waals surface area contributed by atoms with E-state index in [1.54, 1.807) is 0 Å². The maximum Gasteiger partial charge on any atom is 0.582 e. The highest BCUT2D eigenvalue weighted by Gasteiger charge is 2.63. The predicted molar refractivity (Wildman–Crippen MR) is 195 cm³/mol. The molecule has 0 aromatic heterocycles. The molecule has 4 atom stereocenters. The maximum absolute atomic E-state index is 10.2. The van der Waals surface area contributed by atoms with Gasteiger partial charge in [0.1, 0.15) is 0 Å². The molecule has 18 N–H and O–H groups in total. The van der Waals surface area contributed by atoms with Crippen LogP contribution in [0.4, 0.5) is 0 Å². The van der Waals surface area contributed by atoms with Gasteiger partial charge in [0.2, 0.25) is 0 Å². The Morgan fingerprint density at radius 3 is 0.817 bits per heavy atom. The van der Waals surface area contributed by atoms with Crippen LogP contribution in [0.2, 0.25) is 0 Å². The molecule has 7 fully saturated rings. The monoisotopic (exact) mass is 852 g/mol. The molecule has 0 aliphatic carbocycles. The maximum atomic E-state index is 10.2. The van der Waals surface area contributed by atoms with Crippen molar-refractivity contribution in [3.8, 4) is 0 Å².